The average Bonchev–Trinajstić information content (AvgIpc) is 2.56. The Labute approximate surface area is 136 Å². The molecule has 2 aromatic rings. The highest BCUT2D eigenvalue weighted by molar-refractivity contribution is 8.00. The van der Waals surface area contributed by atoms with Crippen LogP contribution in [0, 0.1) is 0 Å². The maximum absolute atomic E-state index is 11.9. The molecule has 0 bridgehead atoms. The molecule has 2 rings (SSSR count). The molecule has 0 atom stereocenters. The number of thioether (sulfide) groups is 1. The van der Waals surface area contributed by atoms with Crippen molar-refractivity contribution in [3.05, 3.63) is 54.6 Å². The molecule has 2 aromatic carbocycles. The topological polar surface area (TPSA) is 38.3 Å². The molecule has 22 heavy (non-hydrogen) atoms. The summed E-state index contributed by atoms with van der Waals surface area (Å²) < 4.78 is 5.59. The number of hydrogen-bond donors (Lipinski definition) is 1. The smallest absolute Gasteiger partial charge is 0.234 e. The fourth-order valence-electron chi connectivity index (χ4n) is 1.83. The van der Waals surface area contributed by atoms with Gasteiger partial charge in [-0.05, 0) is 42.8 Å². The number of hydrogen-bond acceptors (Lipinski definition) is 3. The van der Waals surface area contributed by atoms with Gasteiger partial charge in [-0.25, -0.2) is 0 Å². The van der Waals surface area contributed by atoms with Crippen molar-refractivity contribution in [3.63, 3.8) is 0 Å². The van der Waals surface area contributed by atoms with Crippen LogP contribution in [0.4, 0.5) is 5.69 Å². The number of anilines is 1. The highest BCUT2D eigenvalue weighted by atomic mass is 32.2. The monoisotopic (exact) mass is 315 g/mol. The van der Waals surface area contributed by atoms with Gasteiger partial charge in [0.2, 0.25) is 5.91 Å². The molecule has 0 fully saturated rings. The van der Waals surface area contributed by atoms with Gasteiger partial charge in [0.25, 0.3) is 0 Å². The number of rotatable bonds is 8. The Hall–Kier alpha value is -1.94. The van der Waals surface area contributed by atoms with Crippen LogP contribution in [0.25, 0.3) is 0 Å². The Balaban J connectivity index is 1.76. The van der Waals surface area contributed by atoms with Crippen molar-refractivity contribution >= 4 is 23.4 Å². The van der Waals surface area contributed by atoms with Gasteiger partial charge < -0.3 is 10.1 Å². The molecule has 0 aliphatic carbocycles. The highest BCUT2D eigenvalue weighted by Gasteiger charge is 2.04. The van der Waals surface area contributed by atoms with E-state index >= 15 is 0 Å². The van der Waals surface area contributed by atoms with E-state index in [1.807, 2.05) is 54.6 Å². The molecule has 0 aromatic heterocycles. The second-order valence-corrected chi connectivity index (χ2v) is 5.93. The quantitative estimate of drug-likeness (QED) is 0.571. The number of amides is 1. The van der Waals surface area contributed by atoms with Crippen molar-refractivity contribution in [1.82, 2.24) is 0 Å². The number of unbranched alkanes of at least 4 members (excludes halogenated alkanes) is 1. The number of carbonyl (C=O) groups excluding carboxylic acids is 1. The van der Waals surface area contributed by atoms with E-state index in [-0.39, 0.29) is 5.91 Å². The van der Waals surface area contributed by atoms with E-state index in [9.17, 15) is 4.79 Å². The Kier molecular flexibility index (Phi) is 6.84. The lowest BCUT2D eigenvalue weighted by molar-refractivity contribution is -0.113. The zero-order chi connectivity index (χ0) is 15.6. The molecular formula is C18H21NO2S. The summed E-state index contributed by atoms with van der Waals surface area (Å²) in [4.78, 5) is 13.0. The number of carbonyl (C=O) groups is 1. The molecule has 0 heterocycles. The maximum atomic E-state index is 11.9. The minimum absolute atomic E-state index is 0.00601. The number of nitrogens with one attached hydrogen (secondary N) is 1. The standard InChI is InChI=1S/C18H21NO2S/c1-2-3-13-21-16-11-9-15(10-12-16)19-18(20)14-22-17-7-5-4-6-8-17/h4-12H,2-3,13-14H2,1H3,(H,19,20). The first-order chi connectivity index (χ1) is 10.8. The van der Waals surface area contributed by atoms with Gasteiger partial charge in [0, 0.05) is 10.6 Å². The molecule has 0 radical (unpaired) electrons. The fraction of sp³-hybridized carbons (Fsp3) is 0.278. The lowest BCUT2D eigenvalue weighted by Crippen LogP contribution is -2.13. The molecule has 0 saturated carbocycles. The third-order valence-corrected chi connectivity index (χ3v) is 4.03. The van der Waals surface area contributed by atoms with Crippen LogP contribution in [0.3, 0.4) is 0 Å². The predicted octanol–water partition coefficient (Wildman–Crippen LogP) is 4.60. The highest BCUT2D eigenvalue weighted by Crippen LogP contribution is 2.19. The lowest BCUT2D eigenvalue weighted by Gasteiger charge is -2.08. The zero-order valence-electron chi connectivity index (χ0n) is 12.7. The van der Waals surface area contributed by atoms with E-state index in [0.717, 1.165) is 35.8 Å². The molecule has 3 nitrogen and oxygen atoms in total. The summed E-state index contributed by atoms with van der Waals surface area (Å²) in [5.41, 5.74) is 0.793. The van der Waals surface area contributed by atoms with Gasteiger partial charge in [0.1, 0.15) is 5.75 Å². The molecule has 4 heteroatoms. The minimum atomic E-state index is -0.00601. The second kappa shape index (κ2) is 9.15. The van der Waals surface area contributed by atoms with Gasteiger partial charge in [-0.1, -0.05) is 31.5 Å². The SMILES string of the molecule is CCCCOc1ccc(NC(=O)CSc2ccccc2)cc1. The maximum Gasteiger partial charge on any atom is 0.234 e. The molecular weight excluding hydrogens is 294 g/mol. The van der Waals surface area contributed by atoms with E-state index in [1.165, 1.54) is 11.8 Å². The van der Waals surface area contributed by atoms with Crippen LogP contribution in [0.2, 0.25) is 0 Å². The average molecular weight is 315 g/mol. The van der Waals surface area contributed by atoms with E-state index in [0.29, 0.717) is 5.75 Å². The molecule has 0 aliphatic heterocycles. The van der Waals surface area contributed by atoms with Crippen molar-refractivity contribution in [2.75, 3.05) is 17.7 Å². The summed E-state index contributed by atoms with van der Waals surface area (Å²) >= 11 is 1.53. The van der Waals surface area contributed by atoms with Crippen molar-refractivity contribution in [1.29, 1.82) is 0 Å². The molecule has 1 amide bonds. The molecule has 0 saturated heterocycles. The van der Waals surface area contributed by atoms with Crippen molar-refractivity contribution < 1.29 is 9.53 Å². The van der Waals surface area contributed by atoms with Crippen LogP contribution in [-0.4, -0.2) is 18.3 Å². The first-order valence-electron chi connectivity index (χ1n) is 7.48. The largest absolute Gasteiger partial charge is 0.494 e. The van der Waals surface area contributed by atoms with Gasteiger partial charge >= 0.3 is 0 Å². The number of ether oxygens (including phenoxy) is 1. The Morgan fingerprint density at radius 3 is 2.50 bits per heavy atom. The third-order valence-electron chi connectivity index (χ3n) is 3.02. The van der Waals surface area contributed by atoms with Crippen LogP contribution in [0.5, 0.6) is 5.75 Å². The van der Waals surface area contributed by atoms with Gasteiger partial charge in [-0.3, -0.25) is 4.79 Å². The lowest BCUT2D eigenvalue weighted by atomic mass is 10.3. The van der Waals surface area contributed by atoms with Crippen LogP contribution in [-0.2, 0) is 4.79 Å². The van der Waals surface area contributed by atoms with Gasteiger partial charge in [0.05, 0.1) is 12.4 Å². The predicted molar refractivity (Wildman–Crippen MR) is 92.6 cm³/mol. The summed E-state index contributed by atoms with van der Waals surface area (Å²) in [6.45, 7) is 2.87. The Morgan fingerprint density at radius 2 is 1.82 bits per heavy atom. The molecule has 0 unspecified atom stereocenters. The van der Waals surface area contributed by atoms with E-state index in [2.05, 4.69) is 12.2 Å². The summed E-state index contributed by atoms with van der Waals surface area (Å²) in [5.74, 6) is 1.23. The molecule has 0 aliphatic rings. The normalized spacial score (nSPS) is 10.2. The Morgan fingerprint density at radius 1 is 1.09 bits per heavy atom. The van der Waals surface area contributed by atoms with Crippen LogP contribution in [0.15, 0.2) is 59.5 Å². The van der Waals surface area contributed by atoms with E-state index in [4.69, 9.17) is 4.74 Å². The van der Waals surface area contributed by atoms with Gasteiger partial charge in [0.15, 0.2) is 0 Å². The van der Waals surface area contributed by atoms with Crippen molar-refractivity contribution in [2.45, 2.75) is 24.7 Å². The van der Waals surface area contributed by atoms with E-state index in [1.54, 1.807) is 0 Å². The summed E-state index contributed by atoms with van der Waals surface area (Å²) in [6, 6.07) is 17.4. The van der Waals surface area contributed by atoms with Crippen LogP contribution in [0.1, 0.15) is 19.8 Å². The summed E-state index contributed by atoms with van der Waals surface area (Å²) in [6.07, 6.45) is 2.17. The van der Waals surface area contributed by atoms with Gasteiger partial charge in [-0.15, -0.1) is 11.8 Å². The summed E-state index contributed by atoms with van der Waals surface area (Å²) in [7, 11) is 0. The first-order valence-corrected chi connectivity index (χ1v) is 8.47. The number of benzene rings is 2. The second-order valence-electron chi connectivity index (χ2n) is 4.88. The molecule has 0 spiro atoms. The Bertz CT molecular complexity index is 569. The van der Waals surface area contributed by atoms with Crippen LogP contribution >= 0.6 is 11.8 Å². The fourth-order valence-corrected chi connectivity index (χ4v) is 2.55. The molecule has 1 N–H and O–H groups in total. The van der Waals surface area contributed by atoms with Gasteiger partial charge in [-0.2, -0.15) is 0 Å². The van der Waals surface area contributed by atoms with Crippen LogP contribution < -0.4 is 10.1 Å². The third kappa shape index (κ3) is 5.82. The van der Waals surface area contributed by atoms with E-state index < -0.39 is 0 Å². The van der Waals surface area contributed by atoms with Crippen molar-refractivity contribution in [2.24, 2.45) is 0 Å². The minimum Gasteiger partial charge on any atom is -0.494 e. The summed E-state index contributed by atoms with van der Waals surface area (Å²) in [5, 5.41) is 2.89. The first kappa shape index (κ1) is 16.4. The zero-order valence-corrected chi connectivity index (χ0v) is 13.6. The van der Waals surface area contributed by atoms with Crippen molar-refractivity contribution in [3.8, 4) is 5.75 Å². The molecule has 116 valence electrons.